The molecule has 0 aliphatic carbocycles. The van der Waals surface area contributed by atoms with Crippen LogP contribution >= 0.6 is 0 Å². The van der Waals surface area contributed by atoms with Crippen molar-refractivity contribution in [2.45, 2.75) is 40.2 Å². The predicted octanol–water partition coefficient (Wildman–Crippen LogP) is 3.15. The van der Waals surface area contributed by atoms with Gasteiger partial charge < -0.3 is 14.8 Å². The second-order valence-electron chi connectivity index (χ2n) is 4.81. The highest BCUT2D eigenvalue weighted by Crippen LogP contribution is 2.23. The molecule has 0 saturated heterocycles. The van der Waals surface area contributed by atoms with Crippen LogP contribution in [0.4, 0.5) is 5.69 Å². The summed E-state index contributed by atoms with van der Waals surface area (Å²) in [5.41, 5.74) is 0.911. The van der Waals surface area contributed by atoms with E-state index in [0.717, 1.165) is 17.0 Å². The zero-order chi connectivity index (χ0) is 14.5. The molecule has 1 aromatic carbocycles. The number of hydrogen-bond donors (Lipinski definition) is 1. The molecule has 106 valence electrons. The standard InChI is InChI=1S/C15H23NO3/c1-6-18-13-9-8-12(10-11(13)3)16-14(17)15(4,5)19-7-2/h8-10H,6-7H2,1-5H3,(H,16,17). The number of benzene rings is 1. The van der Waals surface area contributed by atoms with Gasteiger partial charge in [-0.15, -0.1) is 0 Å². The SMILES string of the molecule is CCOc1ccc(NC(=O)C(C)(C)OCC)cc1C. The third kappa shape index (κ3) is 4.24. The van der Waals surface area contributed by atoms with Crippen LogP contribution in [0.25, 0.3) is 0 Å². The highest BCUT2D eigenvalue weighted by molar-refractivity contribution is 5.96. The zero-order valence-corrected chi connectivity index (χ0v) is 12.4. The van der Waals surface area contributed by atoms with Crippen LogP contribution in [0.2, 0.25) is 0 Å². The molecule has 0 heterocycles. The summed E-state index contributed by atoms with van der Waals surface area (Å²) >= 11 is 0. The topological polar surface area (TPSA) is 47.6 Å². The maximum Gasteiger partial charge on any atom is 0.256 e. The minimum absolute atomic E-state index is 0.155. The van der Waals surface area contributed by atoms with Crippen molar-refractivity contribution in [3.05, 3.63) is 23.8 Å². The molecule has 4 heteroatoms. The average Bonchev–Trinajstić information content (AvgIpc) is 2.32. The summed E-state index contributed by atoms with van der Waals surface area (Å²) in [4.78, 5) is 12.1. The van der Waals surface area contributed by atoms with E-state index in [4.69, 9.17) is 9.47 Å². The molecule has 1 rings (SSSR count). The van der Waals surface area contributed by atoms with Gasteiger partial charge in [0.1, 0.15) is 11.4 Å². The van der Waals surface area contributed by atoms with E-state index < -0.39 is 5.60 Å². The van der Waals surface area contributed by atoms with Crippen LogP contribution in [0, 0.1) is 6.92 Å². The van der Waals surface area contributed by atoms with Crippen molar-refractivity contribution in [2.75, 3.05) is 18.5 Å². The molecular weight excluding hydrogens is 242 g/mol. The van der Waals surface area contributed by atoms with Crippen LogP contribution in [0.3, 0.4) is 0 Å². The van der Waals surface area contributed by atoms with Gasteiger partial charge in [-0.3, -0.25) is 4.79 Å². The predicted molar refractivity (Wildman–Crippen MR) is 76.7 cm³/mol. The van der Waals surface area contributed by atoms with Crippen LogP contribution in [-0.4, -0.2) is 24.7 Å². The maximum atomic E-state index is 12.1. The second-order valence-corrected chi connectivity index (χ2v) is 4.81. The number of ether oxygens (including phenoxy) is 2. The van der Waals surface area contributed by atoms with Crippen LogP contribution in [-0.2, 0) is 9.53 Å². The van der Waals surface area contributed by atoms with E-state index in [2.05, 4.69) is 5.32 Å². The number of amides is 1. The number of nitrogens with one attached hydrogen (secondary N) is 1. The van der Waals surface area contributed by atoms with Gasteiger partial charge in [-0.1, -0.05) is 0 Å². The molecule has 0 radical (unpaired) electrons. The van der Waals surface area contributed by atoms with E-state index in [0.29, 0.717) is 13.2 Å². The zero-order valence-electron chi connectivity index (χ0n) is 12.4. The Balaban J connectivity index is 2.78. The molecule has 0 bridgehead atoms. The maximum absolute atomic E-state index is 12.1. The molecule has 0 spiro atoms. The van der Waals surface area contributed by atoms with E-state index in [-0.39, 0.29) is 5.91 Å². The molecule has 1 amide bonds. The number of hydrogen-bond acceptors (Lipinski definition) is 3. The average molecular weight is 265 g/mol. The summed E-state index contributed by atoms with van der Waals surface area (Å²) in [7, 11) is 0. The van der Waals surface area contributed by atoms with Gasteiger partial charge in [0.15, 0.2) is 0 Å². The first-order valence-electron chi connectivity index (χ1n) is 6.59. The first-order valence-corrected chi connectivity index (χ1v) is 6.59. The summed E-state index contributed by atoms with van der Waals surface area (Å²) in [5.74, 6) is 0.683. The lowest BCUT2D eigenvalue weighted by Crippen LogP contribution is -2.39. The van der Waals surface area contributed by atoms with Gasteiger partial charge in [-0.05, 0) is 58.4 Å². The molecule has 0 saturated carbocycles. The molecule has 0 unspecified atom stereocenters. The minimum Gasteiger partial charge on any atom is -0.494 e. The van der Waals surface area contributed by atoms with Crippen molar-refractivity contribution in [2.24, 2.45) is 0 Å². The molecule has 0 fully saturated rings. The van der Waals surface area contributed by atoms with Crippen molar-refractivity contribution in [1.29, 1.82) is 0 Å². The number of anilines is 1. The first-order chi connectivity index (χ1) is 8.90. The molecule has 1 N–H and O–H groups in total. The summed E-state index contributed by atoms with van der Waals surface area (Å²) in [6.07, 6.45) is 0. The number of carbonyl (C=O) groups is 1. The highest BCUT2D eigenvalue weighted by Gasteiger charge is 2.27. The van der Waals surface area contributed by atoms with Crippen LogP contribution in [0.1, 0.15) is 33.3 Å². The molecular formula is C15H23NO3. The Hall–Kier alpha value is -1.55. The van der Waals surface area contributed by atoms with Crippen molar-refractivity contribution < 1.29 is 14.3 Å². The van der Waals surface area contributed by atoms with Gasteiger partial charge in [0.25, 0.3) is 5.91 Å². The lowest BCUT2D eigenvalue weighted by Gasteiger charge is -2.23. The van der Waals surface area contributed by atoms with Crippen molar-refractivity contribution in [3.8, 4) is 5.75 Å². The Bertz CT molecular complexity index is 441. The summed E-state index contributed by atoms with van der Waals surface area (Å²) < 4.78 is 10.9. The number of rotatable bonds is 6. The summed E-state index contributed by atoms with van der Waals surface area (Å²) in [6.45, 7) is 10.4. The monoisotopic (exact) mass is 265 g/mol. The molecule has 0 aliphatic heterocycles. The Morgan fingerprint density at radius 2 is 1.95 bits per heavy atom. The molecule has 4 nitrogen and oxygen atoms in total. The third-order valence-electron chi connectivity index (χ3n) is 2.78. The largest absolute Gasteiger partial charge is 0.494 e. The summed E-state index contributed by atoms with van der Waals surface area (Å²) in [5, 5.41) is 2.86. The quantitative estimate of drug-likeness (QED) is 0.859. The fourth-order valence-corrected chi connectivity index (χ4v) is 1.75. The fraction of sp³-hybridized carbons (Fsp3) is 0.533. The van der Waals surface area contributed by atoms with E-state index in [1.54, 1.807) is 13.8 Å². The van der Waals surface area contributed by atoms with Crippen LogP contribution in [0.5, 0.6) is 5.75 Å². The van der Waals surface area contributed by atoms with Crippen molar-refractivity contribution in [1.82, 2.24) is 0 Å². The van der Waals surface area contributed by atoms with Crippen LogP contribution in [0.15, 0.2) is 18.2 Å². The second kappa shape index (κ2) is 6.57. The van der Waals surface area contributed by atoms with Gasteiger partial charge in [0.2, 0.25) is 0 Å². The van der Waals surface area contributed by atoms with Gasteiger partial charge in [0, 0.05) is 12.3 Å². The normalized spacial score (nSPS) is 11.2. The van der Waals surface area contributed by atoms with Gasteiger partial charge in [0.05, 0.1) is 6.61 Å². The Morgan fingerprint density at radius 3 is 2.47 bits per heavy atom. The molecule has 0 atom stereocenters. The lowest BCUT2D eigenvalue weighted by molar-refractivity contribution is -0.136. The number of carbonyl (C=O) groups excluding carboxylic acids is 1. The molecule has 1 aromatic rings. The van der Waals surface area contributed by atoms with E-state index in [1.165, 1.54) is 0 Å². The smallest absolute Gasteiger partial charge is 0.256 e. The Morgan fingerprint density at radius 1 is 1.26 bits per heavy atom. The van der Waals surface area contributed by atoms with E-state index in [9.17, 15) is 4.79 Å². The van der Waals surface area contributed by atoms with Crippen molar-refractivity contribution >= 4 is 11.6 Å². The van der Waals surface area contributed by atoms with Gasteiger partial charge >= 0.3 is 0 Å². The highest BCUT2D eigenvalue weighted by atomic mass is 16.5. The Labute approximate surface area is 115 Å². The van der Waals surface area contributed by atoms with Gasteiger partial charge in [-0.25, -0.2) is 0 Å². The summed E-state index contributed by atoms with van der Waals surface area (Å²) in [6, 6.07) is 5.59. The molecule has 0 aromatic heterocycles. The Kier molecular flexibility index (Phi) is 5.36. The van der Waals surface area contributed by atoms with E-state index in [1.807, 2.05) is 39.0 Å². The molecule has 19 heavy (non-hydrogen) atoms. The third-order valence-corrected chi connectivity index (χ3v) is 2.78. The van der Waals surface area contributed by atoms with Gasteiger partial charge in [-0.2, -0.15) is 0 Å². The van der Waals surface area contributed by atoms with Crippen molar-refractivity contribution in [3.63, 3.8) is 0 Å². The van der Waals surface area contributed by atoms with E-state index >= 15 is 0 Å². The molecule has 0 aliphatic rings. The minimum atomic E-state index is -0.832. The number of aryl methyl sites for hydroxylation is 1. The first kappa shape index (κ1) is 15.5. The lowest BCUT2D eigenvalue weighted by atomic mass is 10.1. The van der Waals surface area contributed by atoms with Crippen LogP contribution < -0.4 is 10.1 Å². The fourth-order valence-electron chi connectivity index (χ4n) is 1.75.